The van der Waals surface area contributed by atoms with Crippen molar-refractivity contribution in [3.8, 4) is 5.75 Å². The quantitative estimate of drug-likeness (QED) is 0.327. The first kappa shape index (κ1) is 23.4. The van der Waals surface area contributed by atoms with E-state index in [1.165, 1.54) is 4.90 Å². The number of nitrogens with zero attached hydrogens (tertiary/aromatic N) is 2. The molecule has 1 N–H and O–H groups in total. The van der Waals surface area contributed by atoms with E-state index in [4.69, 9.17) is 9.15 Å². The molecule has 2 aromatic carbocycles. The van der Waals surface area contributed by atoms with Gasteiger partial charge in [0.1, 0.15) is 11.3 Å². The maximum Gasteiger partial charge on any atom is 0.290 e. The maximum atomic E-state index is 13.7. The second kappa shape index (κ2) is 9.70. The largest absolute Gasteiger partial charge is 0.503 e. The van der Waals surface area contributed by atoms with E-state index in [1.54, 1.807) is 36.7 Å². The molecule has 0 saturated carbocycles. The molecule has 7 nitrogen and oxygen atoms in total. The summed E-state index contributed by atoms with van der Waals surface area (Å²) in [6.45, 7) is 4.80. The highest BCUT2D eigenvalue weighted by atomic mass is 16.5. The van der Waals surface area contributed by atoms with E-state index in [2.05, 4.69) is 18.8 Å². The van der Waals surface area contributed by atoms with E-state index in [0.717, 1.165) is 10.9 Å². The van der Waals surface area contributed by atoms with Gasteiger partial charge in [0.05, 0.1) is 18.2 Å². The van der Waals surface area contributed by atoms with Crippen molar-refractivity contribution < 1.29 is 23.8 Å². The molecule has 0 bridgehead atoms. The van der Waals surface area contributed by atoms with Gasteiger partial charge in [0.2, 0.25) is 5.78 Å². The molecule has 0 aliphatic carbocycles. The molecule has 1 amide bonds. The van der Waals surface area contributed by atoms with E-state index >= 15 is 0 Å². The third-order valence-corrected chi connectivity index (χ3v) is 6.03. The summed E-state index contributed by atoms with van der Waals surface area (Å²) in [5.74, 6) is -0.732. The van der Waals surface area contributed by atoms with Gasteiger partial charge >= 0.3 is 0 Å². The normalized spacial score (nSPS) is 15.8. The van der Waals surface area contributed by atoms with Crippen LogP contribution in [0.25, 0.3) is 11.0 Å². The molecule has 2 aromatic heterocycles. The van der Waals surface area contributed by atoms with E-state index in [9.17, 15) is 14.7 Å². The van der Waals surface area contributed by atoms with Crippen molar-refractivity contribution in [2.24, 2.45) is 5.92 Å². The van der Waals surface area contributed by atoms with Crippen LogP contribution in [0.5, 0.6) is 5.75 Å². The molecule has 3 heterocycles. The smallest absolute Gasteiger partial charge is 0.290 e. The van der Waals surface area contributed by atoms with Crippen LogP contribution in [-0.2, 0) is 11.3 Å². The number of benzene rings is 2. The molecule has 36 heavy (non-hydrogen) atoms. The van der Waals surface area contributed by atoms with Crippen molar-refractivity contribution in [1.82, 2.24) is 9.88 Å². The van der Waals surface area contributed by atoms with Crippen LogP contribution in [-0.4, -0.2) is 33.3 Å². The monoisotopic (exact) mass is 482 g/mol. The third kappa shape index (κ3) is 4.47. The number of aromatic nitrogens is 1. The van der Waals surface area contributed by atoms with E-state index in [-0.39, 0.29) is 17.9 Å². The van der Waals surface area contributed by atoms with Gasteiger partial charge in [0, 0.05) is 24.3 Å². The number of para-hydroxylation sites is 1. The van der Waals surface area contributed by atoms with Crippen molar-refractivity contribution in [2.75, 3.05) is 6.61 Å². The minimum atomic E-state index is -0.832. The molecule has 5 rings (SSSR count). The van der Waals surface area contributed by atoms with Gasteiger partial charge < -0.3 is 19.2 Å². The SMILES string of the molecule is CC(C)COc1cccc(C2C(C(=O)c3cc4ccccc4o3)=C(O)C(=O)N2Cc2cccnc2)c1. The van der Waals surface area contributed by atoms with Gasteiger partial charge in [-0.05, 0) is 47.4 Å². The molecule has 182 valence electrons. The first-order valence-corrected chi connectivity index (χ1v) is 11.8. The van der Waals surface area contributed by atoms with Gasteiger partial charge in [-0.3, -0.25) is 14.6 Å². The molecule has 1 atom stereocenters. The zero-order valence-electron chi connectivity index (χ0n) is 20.0. The lowest BCUT2D eigenvalue weighted by Crippen LogP contribution is -2.30. The third-order valence-electron chi connectivity index (χ3n) is 6.03. The molecular weight excluding hydrogens is 456 g/mol. The van der Waals surface area contributed by atoms with Crippen LogP contribution in [0, 0.1) is 5.92 Å². The number of carbonyl (C=O) groups excluding carboxylic acids is 2. The second-order valence-electron chi connectivity index (χ2n) is 9.21. The number of Topliss-reactive ketones (excluding diaryl/α,β-unsaturated/α-hetero) is 1. The first-order valence-electron chi connectivity index (χ1n) is 11.8. The Kier molecular flexibility index (Phi) is 6.29. The van der Waals surface area contributed by atoms with Gasteiger partial charge in [-0.1, -0.05) is 50.2 Å². The van der Waals surface area contributed by atoms with Crippen LogP contribution < -0.4 is 4.74 Å². The molecule has 4 aromatic rings. The Morgan fingerprint density at radius 2 is 1.94 bits per heavy atom. The van der Waals surface area contributed by atoms with Crippen molar-refractivity contribution in [3.05, 3.63) is 107 Å². The number of furan rings is 1. The van der Waals surface area contributed by atoms with E-state index < -0.39 is 23.5 Å². The Morgan fingerprint density at radius 3 is 2.69 bits per heavy atom. The highest BCUT2D eigenvalue weighted by Crippen LogP contribution is 2.41. The van der Waals surface area contributed by atoms with Crippen molar-refractivity contribution in [3.63, 3.8) is 0 Å². The van der Waals surface area contributed by atoms with Crippen molar-refractivity contribution >= 4 is 22.7 Å². The molecule has 1 aliphatic heterocycles. The average molecular weight is 483 g/mol. The Balaban J connectivity index is 1.58. The lowest BCUT2D eigenvalue weighted by Gasteiger charge is -2.27. The molecule has 0 saturated heterocycles. The number of hydrogen-bond donors (Lipinski definition) is 1. The average Bonchev–Trinajstić information content (AvgIpc) is 3.43. The standard InChI is InChI=1S/C29H26N2O5/c1-18(2)17-35-22-10-5-9-21(13-22)26-25(27(32)24-14-20-8-3-4-11-23(20)36-24)28(33)29(34)31(26)16-19-7-6-12-30-15-19/h3-15,18,26,33H,16-17H2,1-2H3. The Bertz CT molecular complexity index is 1420. The molecule has 7 heteroatoms. The summed E-state index contributed by atoms with van der Waals surface area (Å²) < 4.78 is 11.7. The summed E-state index contributed by atoms with van der Waals surface area (Å²) >= 11 is 0. The molecule has 1 aliphatic rings. The summed E-state index contributed by atoms with van der Waals surface area (Å²) in [6.07, 6.45) is 3.30. The Morgan fingerprint density at radius 1 is 1.11 bits per heavy atom. The van der Waals surface area contributed by atoms with Crippen LogP contribution >= 0.6 is 0 Å². The fourth-order valence-electron chi connectivity index (χ4n) is 4.35. The summed E-state index contributed by atoms with van der Waals surface area (Å²) in [4.78, 5) is 32.6. The number of aliphatic hydroxyl groups is 1. The number of aliphatic hydroxyl groups excluding tert-OH is 1. The minimum Gasteiger partial charge on any atom is -0.503 e. The molecule has 0 spiro atoms. The predicted octanol–water partition coefficient (Wildman–Crippen LogP) is 5.64. The number of amides is 1. The van der Waals surface area contributed by atoms with Gasteiger partial charge in [0.15, 0.2) is 11.5 Å². The van der Waals surface area contributed by atoms with E-state index in [0.29, 0.717) is 29.4 Å². The number of ether oxygens (including phenoxy) is 1. The highest BCUT2D eigenvalue weighted by Gasteiger charge is 2.44. The lowest BCUT2D eigenvalue weighted by atomic mass is 9.94. The van der Waals surface area contributed by atoms with Crippen LogP contribution in [0.4, 0.5) is 0 Å². The number of fused-ring (bicyclic) bond motifs is 1. The van der Waals surface area contributed by atoms with Crippen molar-refractivity contribution in [1.29, 1.82) is 0 Å². The van der Waals surface area contributed by atoms with Crippen LogP contribution in [0.2, 0.25) is 0 Å². The fourth-order valence-corrected chi connectivity index (χ4v) is 4.35. The molecular formula is C29H26N2O5. The Labute approximate surface area is 208 Å². The number of pyridine rings is 1. The van der Waals surface area contributed by atoms with Gasteiger partial charge in [-0.2, -0.15) is 0 Å². The number of ketones is 1. The van der Waals surface area contributed by atoms with Crippen LogP contribution in [0.1, 0.15) is 41.6 Å². The minimum absolute atomic E-state index is 0.0241. The number of rotatable bonds is 8. The van der Waals surface area contributed by atoms with Gasteiger partial charge in [0.25, 0.3) is 5.91 Å². The summed E-state index contributed by atoms with van der Waals surface area (Å²) in [6, 6.07) is 19.0. The summed E-state index contributed by atoms with van der Waals surface area (Å²) in [5.41, 5.74) is 1.95. The zero-order chi connectivity index (χ0) is 25.2. The molecule has 1 unspecified atom stereocenters. The topological polar surface area (TPSA) is 92.9 Å². The summed E-state index contributed by atoms with van der Waals surface area (Å²) in [5, 5.41) is 11.7. The van der Waals surface area contributed by atoms with E-state index in [1.807, 2.05) is 42.5 Å². The molecule has 0 fully saturated rings. The van der Waals surface area contributed by atoms with Gasteiger partial charge in [-0.15, -0.1) is 0 Å². The van der Waals surface area contributed by atoms with Crippen LogP contribution in [0.3, 0.4) is 0 Å². The zero-order valence-corrected chi connectivity index (χ0v) is 20.0. The Hall–Kier alpha value is -4.39. The number of carbonyl (C=O) groups is 2. The predicted molar refractivity (Wildman–Crippen MR) is 135 cm³/mol. The maximum absolute atomic E-state index is 13.7. The summed E-state index contributed by atoms with van der Waals surface area (Å²) in [7, 11) is 0. The fraction of sp³-hybridized carbons (Fsp3) is 0.207. The first-order chi connectivity index (χ1) is 17.4. The van der Waals surface area contributed by atoms with Gasteiger partial charge in [-0.25, -0.2) is 0 Å². The highest BCUT2D eigenvalue weighted by molar-refractivity contribution is 6.16. The second-order valence-corrected chi connectivity index (χ2v) is 9.21. The van der Waals surface area contributed by atoms with Crippen LogP contribution in [0.15, 0.2) is 94.9 Å². The lowest BCUT2D eigenvalue weighted by molar-refractivity contribution is -0.130. The van der Waals surface area contributed by atoms with Crippen molar-refractivity contribution in [2.45, 2.75) is 26.4 Å². The number of hydrogen-bond acceptors (Lipinski definition) is 6. The molecule has 0 radical (unpaired) electrons.